The Labute approximate surface area is 133 Å². The van der Waals surface area contributed by atoms with E-state index in [0.717, 1.165) is 24.7 Å². The van der Waals surface area contributed by atoms with E-state index in [1.54, 1.807) is 0 Å². The molecule has 1 saturated heterocycles. The van der Waals surface area contributed by atoms with Crippen LogP contribution in [0.1, 0.15) is 51.9 Å². The number of fused-ring (bicyclic) bond motifs is 2. The standard InChI is InChI=1S/C16H28N2O3S/c1-11(14-10-12-6-7-13(14)9-12)17-16(19)15-5-3-4-8-18(15)22(2,20)21/h11-15H,3-10H2,1-2H3,(H,17,19)/t11-,12-,13-,14+,15+/m0/s1. The molecule has 1 amide bonds. The number of carbonyl (C=O) groups is 1. The summed E-state index contributed by atoms with van der Waals surface area (Å²) in [6, 6.07) is -0.351. The summed E-state index contributed by atoms with van der Waals surface area (Å²) in [5.41, 5.74) is 0. The predicted molar refractivity (Wildman–Crippen MR) is 85.7 cm³/mol. The molecule has 1 N–H and O–H groups in total. The summed E-state index contributed by atoms with van der Waals surface area (Å²) in [7, 11) is -3.31. The number of piperidine rings is 1. The largest absolute Gasteiger partial charge is 0.352 e. The number of nitrogens with one attached hydrogen (secondary N) is 1. The molecule has 126 valence electrons. The van der Waals surface area contributed by atoms with E-state index in [1.165, 1.54) is 36.2 Å². The summed E-state index contributed by atoms with van der Waals surface area (Å²) in [6.07, 6.45) is 8.82. The highest BCUT2D eigenvalue weighted by Gasteiger charge is 2.43. The van der Waals surface area contributed by atoms with Crippen molar-refractivity contribution < 1.29 is 13.2 Å². The van der Waals surface area contributed by atoms with E-state index in [2.05, 4.69) is 12.2 Å². The van der Waals surface area contributed by atoms with Gasteiger partial charge >= 0.3 is 0 Å². The van der Waals surface area contributed by atoms with Gasteiger partial charge in [-0.25, -0.2) is 8.42 Å². The first-order valence-electron chi connectivity index (χ1n) is 8.63. The Hall–Kier alpha value is -0.620. The van der Waals surface area contributed by atoms with Gasteiger partial charge in [0.25, 0.3) is 0 Å². The number of nitrogens with zero attached hydrogens (tertiary/aromatic N) is 1. The van der Waals surface area contributed by atoms with Crippen LogP contribution in [0.15, 0.2) is 0 Å². The maximum Gasteiger partial charge on any atom is 0.238 e. The minimum atomic E-state index is -3.31. The van der Waals surface area contributed by atoms with Gasteiger partial charge in [0.1, 0.15) is 6.04 Å². The summed E-state index contributed by atoms with van der Waals surface area (Å²) in [5.74, 6) is 2.10. The highest BCUT2D eigenvalue weighted by atomic mass is 32.2. The van der Waals surface area contributed by atoms with Crippen LogP contribution in [0.4, 0.5) is 0 Å². The SMILES string of the molecule is C[C@H](NC(=O)[C@H]1CCCCN1S(C)(=O)=O)[C@H]1C[C@H]2CC[C@H]1C2. The molecule has 0 unspecified atom stereocenters. The molecule has 2 bridgehead atoms. The second-order valence-corrected chi connectivity index (χ2v) is 9.46. The van der Waals surface area contributed by atoms with Gasteiger partial charge in [0.15, 0.2) is 0 Å². The second kappa shape index (κ2) is 6.11. The lowest BCUT2D eigenvalue weighted by Gasteiger charge is -2.35. The molecule has 1 aliphatic heterocycles. The van der Waals surface area contributed by atoms with Gasteiger partial charge in [0, 0.05) is 12.6 Å². The first-order chi connectivity index (χ1) is 10.4. The third-order valence-electron chi connectivity index (χ3n) is 5.99. The van der Waals surface area contributed by atoms with Crippen LogP contribution in [0.25, 0.3) is 0 Å². The van der Waals surface area contributed by atoms with Crippen molar-refractivity contribution in [2.75, 3.05) is 12.8 Å². The third-order valence-corrected chi connectivity index (χ3v) is 7.28. The molecule has 2 aliphatic carbocycles. The van der Waals surface area contributed by atoms with Crippen molar-refractivity contribution in [2.24, 2.45) is 17.8 Å². The minimum absolute atomic E-state index is 0.0969. The summed E-state index contributed by atoms with van der Waals surface area (Å²) >= 11 is 0. The van der Waals surface area contributed by atoms with Crippen LogP contribution in [0.2, 0.25) is 0 Å². The second-order valence-electron chi connectivity index (χ2n) is 7.52. The van der Waals surface area contributed by atoms with Crippen LogP contribution in [-0.4, -0.2) is 43.5 Å². The molecule has 5 nitrogen and oxygen atoms in total. The van der Waals surface area contributed by atoms with E-state index in [0.29, 0.717) is 18.9 Å². The number of hydrogen-bond acceptors (Lipinski definition) is 3. The average Bonchev–Trinajstić information content (AvgIpc) is 3.09. The number of sulfonamides is 1. The fourth-order valence-electron chi connectivity index (χ4n) is 4.90. The van der Waals surface area contributed by atoms with Gasteiger partial charge < -0.3 is 5.32 Å². The molecule has 3 aliphatic rings. The lowest BCUT2D eigenvalue weighted by atomic mass is 9.84. The number of hydrogen-bond donors (Lipinski definition) is 1. The van der Waals surface area contributed by atoms with Crippen molar-refractivity contribution in [1.29, 1.82) is 0 Å². The lowest BCUT2D eigenvalue weighted by molar-refractivity contribution is -0.126. The number of amides is 1. The Morgan fingerprint density at radius 2 is 1.95 bits per heavy atom. The van der Waals surface area contributed by atoms with Crippen LogP contribution < -0.4 is 5.32 Å². The van der Waals surface area contributed by atoms with Crippen LogP contribution in [0.3, 0.4) is 0 Å². The predicted octanol–water partition coefficient (Wildman–Crippen LogP) is 1.74. The first-order valence-corrected chi connectivity index (χ1v) is 10.5. The zero-order chi connectivity index (χ0) is 15.9. The van der Waals surface area contributed by atoms with E-state index >= 15 is 0 Å². The molecule has 6 heteroatoms. The van der Waals surface area contributed by atoms with Crippen molar-refractivity contribution in [3.63, 3.8) is 0 Å². The Morgan fingerprint density at radius 1 is 1.18 bits per heavy atom. The van der Waals surface area contributed by atoms with Crippen LogP contribution in [-0.2, 0) is 14.8 Å². The van der Waals surface area contributed by atoms with E-state index in [4.69, 9.17) is 0 Å². The van der Waals surface area contributed by atoms with E-state index < -0.39 is 16.1 Å². The highest BCUT2D eigenvalue weighted by Crippen LogP contribution is 2.49. The van der Waals surface area contributed by atoms with Gasteiger partial charge in [-0.2, -0.15) is 4.31 Å². The van der Waals surface area contributed by atoms with Gasteiger partial charge in [0.05, 0.1) is 6.26 Å². The zero-order valence-electron chi connectivity index (χ0n) is 13.6. The summed E-state index contributed by atoms with van der Waals surface area (Å²) in [5, 5.41) is 3.13. The van der Waals surface area contributed by atoms with E-state index in [1.807, 2.05) is 0 Å². The van der Waals surface area contributed by atoms with Crippen molar-refractivity contribution in [3.8, 4) is 0 Å². The maximum absolute atomic E-state index is 12.6. The molecule has 0 aromatic carbocycles. The summed E-state index contributed by atoms with van der Waals surface area (Å²) in [6.45, 7) is 2.57. The molecule has 0 radical (unpaired) electrons. The highest BCUT2D eigenvalue weighted by molar-refractivity contribution is 7.88. The average molecular weight is 328 g/mol. The molecule has 0 spiro atoms. The van der Waals surface area contributed by atoms with E-state index in [-0.39, 0.29) is 11.9 Å². The van der Waals surface area contributed by atoms with Crippen LogP contribution in [0, 0.1) is 17.8 Å². The van der Waals surface area contributed by atoms with Crippen molar-refractivity contribution >= 4 is 15.9 Å². The Balaban J connectivity index is 1.63. The molecular weight excluding hydrogens is 300 g/mol. The van der Waals surface area contributed by atoms with Crippen molar-refractivity contribution in [1.82, 2.24) is 9.62 Å². The molecule has 3 rings (SSSR count). The molecule has 1 heterocycles. The van der Waals surface area contributed by atoms with Crippen molar-refractivity contribution in [3.05, 3.63) is 0 Å². The fraction of sp³-hybridized carbons (Fsp3) is 0.938. The van der Waals surface area contributed by atoms with Crippen LogP contribution >= 0.6 is 0 Å². The number of carbonyl (C=O) groups excluding carboxylic acids is 1. The van der Waals surface area contributed by atoms with Gasteiger partial charge in [-0.15, -0.1) is 0 Å². The first kappa shape index (κ1) is 16.2. The molecule has 0 aromatic heterocycles. The summed E-state index contributed by atoms with van der Waals surface area (Å²) in [4.78, 5) is 12.6. The third kappa shape index (κ3) is 3.18. The summed E-state index contributed by atoms with van der Waals surface area (Å²) < 4.78 is 25.2. The quantitative estimate of drug-likeness (QED) is 0.855. The smallest absolute Gasteiger partial charge is 0.238 e. The normalized spacial score (nSPS) is 37.2. The molecule has 2 saturated carbocycles. The number of rotatable bonds is 4. The van der Waals surface area contributed by atoms with Gasteiger partial charge in [-0.3, -0.25) is 4.79 Å². The maximum atomic E-state index is 12.6. The molecule has 5 atom stereocenters. The van der Waals surface area contributed by atoms with Crippen molar-refractivity contribution in [2.45, 2.75) is 64.0 Å². The topological polar surface area (TPSA) is 66.5 Å². The van der Waals surface area contributed by atoms with E-state index in [9.17, 15) is 13.2 Å². The van der Waals surface area contributed by atoms with Gasteiger partial charge in [0.2, 0.25) is 15.9 Å². The molecule has 3 fully saturated rings. The molecule has 22 heavy (non-hydrogen) atoms. The Bertz CT molecular complexity index is 534. The minimum Gasteiger partial charge on any atom is -0.352 e. The van der Waals surface area contributed by atoms with Gasteiger partial charge in [-0.05, 0) is 56.8 Å². The zero-order valence-corrected chi connectivity index (χ0v) is 14.4. The Kier molecular flexibility index (Phi) is 4.52. The molecule has 0 aromatic rings. The fourth-order valence-corrected chi connectivity index (χ4v) is 6.02. The van der Waals surface area contributed by atoms with Gasteiger partial charge in [-0.1, -0.05) is 12.8 Å². The lowest BCUT2D eigenvalue weighted by Crippen LogP contribution is -2.54. The Morgan fingerprint density at radius 3 is 2.55 bits per heavy atom. The monoisotopic (exact) mass is 328 g/mol. The van der Waals surface area contributed by atoms with Crippen LogP contribution in [0.5, 0.6) is 0 Å². The molecular formula is C16H28N2O3S.